The zero-order valence-electron chi connectivity index (χ0n) is 14.4. The number of nitrogens with zero attached hydrogens (tertiary/aromatic N) is 3. The lowest BCUT2D eigenvalue weighted by atomic mass is 10.2. The fourth-order valence-corrected chi connectivity index (χ4v) is 1.88. The van der Waals surface area contributed by atoms with E-state index in [1.54, 1.807) is 6.07 Å². The molecule has 0 aliphatic rings. The predicted molar refractivity (Wildman–Crippen MR) is 90.6 cm³/mol. The summed E-state index contributed by atoms with van der Waals surface area (Å²) in [6, 6.07) is 3.13. The van der Waals surface area contributed by atoms with E-state index in [2.05, 4.69) is 20.5 Å². The summed E-state index contributed by atoms with van der Waals surface area (Å²) in [6.07, 6.45) is 2.36. The highest BCUT2D eigenvalue weighted by atomic mass is 16.2. The number of hydrogen-bond acceptors (Lipinski definition) is 5. The molecule has 1 heterocycles. The van der Waals surface area contributed by atoms with Crippen LogP contribution in [-0.2, 0) is 0 Å². The van der Waals surface area contributed by atoms with E-state index in [1.165, 1.54) is 12.3 Å². The molecule has 0 spiro atoms. The molecule has 0 fully saturated rings. The second-order valence-electron chi connectivity index (χ2n) is 5.90. The average molecular weight is 321 g/mol. The van der Waals surface area contributed by atoms with Gasteiger partial charge in [-0.05, 0) is 53.3 Å². The van der Waals surface area contributed by atoms with E-state index in [4.69, 9.17) is 0 Å². The quantitative estimate of drug-likeness (QED) is 0.629. The summed E-state index contributed by atoms with van der Waals surface area (Å²) in [6.45, 7) is 2.80. The molecule has 1 rings (SSSR count). The zero-order valence-corrected chi connectivity index (χ0v) is 14.4. The molecule has 0 atom stereocenters. The first-order valence-corrected chi connectivity index (χ1v) is 7.72. The van der Waals surface area contributed by atoms with Crippen molar-refractivity contribution in [2.75, 3.05) is 54.4 Å². The number of likely N-dealkylation sites (N-methyl/N-ethyl adjacent to an activating group) is 1. The summed E-state index contributed by atoms with van der Waals surface area (Å²) in [7, 11) is 7.86. The maximum atomic E-state index is 12.1. The molecular weight excluding hydrogens is 294 g/mol. The van der Waals surface area contributed by atoms with Gasteiger partial charge in [0, 0.05) is 31.4 Å². The van der Waals surface area contributed by atoms with Crippen LogP contribution in [0.2, 0.25) is 0 Å². The van der Waals surface area contributed by atoms with Crippen molar-refractivity contribution in [3.05, 3.63) is 29.6 Å². The van der Waals surface area contributed by atoms with Crippen molar-refractivity contribution in [1.29, 1.82) is 0 Å². The fraction of sp³-hybridized carbons (Fsp3) is 0.562. The fourth-order valence-electron chi connectivity index (χ4n) is 1.88. The van der Waals surface area contributed by atoms with Gasteiger partial charge in [0.1, 0.15) is 5.69 Å². The van der Waals surface area contributed by atoms with Crippen LogP contribution in [0.25, 0.3) is 0 Å². The molecule has 0 unspecified atom stereocenters. The van der Waals surface area contributed by atoms with Crippen molar-refractivity contribution in [2.45, 2.75) is 6.42 Å². The molecule has 0 saturated carbocycles. The van der Waals surface area contributed by atoms with Gasteiger partial charge in [0.2, 0.25) is 0 Å². The summed E-state index contributed by atoms with van der Waals surface area (Å²) in [5.74, 6) is -0.456. The van der Waals surface area contributed by atoms with Crippen LogP contribution in [-0.4, -0.2) is 81.0 Å². The van der Waals surface area contributed by atoms with Crippen molar-refractivity contribution in [1.82, 2.24) is 25.4 Å². The highest BCUT2D eigenvalue weighted by Gasteiger charge is 2.11. The Morgan fingerprint density at radius 2 is 1.65 bits per heavy atom. The Balaban J connectivity index is 2.51. The van der Waals surface area contributed by atoms with Crippen LogP contribution in [0.5, 0.6) is 0 Å². The molecule has 128 valence electrons. The van der Waals surface area contributed by atoms with Crippen LogP contribution in [0, 0.1) is 0 Å². The first-order valence-electron chi connectivity index (χ1n) is 7.72. The second kappa shape index (κ2) is 9.91. The highest BCUT2D eigenvalue weighted by Crippen LogP contribution is 2.02. The monoisotopic (exact) mass is 321 g/mol. The maximum absolute atomic E-state index is 12.1. The minimum Gasteiger partial charge on any atom is -0.352 e. The maximum Gasteiger partial charge on any atom is 0.269 e. The Hall–Kier alpha value is -1.99. The van der Waals surface area contributed by atoms with Crippen molar-refractivity contribution in [3.8, 4) is 0 Å². The van der Waals surface area contributed by atoms with E-state index < -0.39 is 0 Å². The number of nitrogens with one attached hydrogen (secondary N) is 2. The largest absolute Gasteiger partial charge is 0.352 e. The second-order valence-corrected chi connectivity index (χ2v) is 5.90. The van der Waals surface area contributed by atoms with Crippen molar-refractivity contribution >= 4 is 11.8 Å². The van der Waals surface area contributed by atoms with Gasteiger partial charge in [0.15, 0.2) is 0 Å². The van der Waals surface area contributed by atoms with Gasteiger partial charge in [-0.3, -0.25) is 14.6 Å². The lowest BCUT2D eigenvalue weighted by molar-refractivity contribution is 0.0946. The number of amides is 2. The van der Waals surface area contributed by atoms with E-state index in [0.717, 1.165) is 19.5 Å². The van der Waals surface area contributed by atoms with Crippen LogP contribution in [0.15, 0.2) is 18.3 Å². The lowest BCUT2D eigenvalue weighted by Gasteiger charge is -2.11. The Morgan fingerprint density at radius 1 is 1.00 bits per heavy atom. The number of carbonyl (C=O) groups excluding carboxylic acids is 2. The molecule has 23 heavy (non-hydrogen) atoms. The number of aromatic nitrogens is 1. The minimum absolute atomic E-state index is 0.187. The van der Waals surface area contributed by atoms with E-state index in [-0.39, 0.29) is 17.5 Å². The summed E-state index contributed by atoms with van der Waals surface area (Å²) < 4.78 is 0. The summed E-state index contributed by atoms with van der Waals surface area (Å²) in [5.41, 5.74) is 0.701. The number of rotatable bonds is 9. The van der Waals surface area contributed by atoms with Gasteiger partial charge < -0.3 is 20.4 Å². The van der Waals surface area contributed by atoms with E-state index in [0.29, 0.717) is 18.7 Å². The third-order valence-electron chi connectivity index (χ3n) is 3.17. The molecule has 1 aromatic heterocycles. The van der Waals surface area contributed by atoms with Gasteiger partial charge in [-0.2, -0.15) is 0 Å². The van der Waals surface area contributed by atoms with Crippen LogP contribution >= 0.6 is 0 Å². The molecule has 0 bridgehead atoms. The van der Waals surface area contributed by atoms with Gasteiger partial charge in [-0.15, -0.1) is 0 Å². The molecule has 0 aromatic carbocycles. The molecule has 7 nitrogen and oxygen atoms in total. The predicted octanol–water partition coefficient (Wildman–Crippen LogP) is 0.0545. The van der Waals surface area contributed by atoms with Crippen LogP contribution < -0.4 is 10.6 Å². The molecule has 1 aromatic rings. The van der Waals surface area contributed by atoms with E-state index in [1.807, 2.05) is 33.1 Å². The normalized spacial score (nSPS) is 10.9. The molecule has 2 N–H and O–H groups in total. The number of carbonyl (C=O) groups is 2. The van der Waals surface area contributed by atoms with Gasteiger partial charge >= 0.3 is 0 Å². The standard InChI is InChI=1S/C16H27N5O2/c1-20(2)10-5-7-18-15(22)13-6-8-17-14(12-13)16(23)19-9-11-21(3)4/h6,8,12H,5,7,9-11H2,1-4H3,(H,18,22)(H,19,23). The molecule has 2 amide bonds. The smallest absolute Gasteiger partial charge is 0.269 e. The van der Waals surface area contributed by atoms with Crippen molar-refractivity contribution in [2.24, 2.45) is 0 Å². The van der Waals surface area contributed by atoms with Crippen LogP contribution in [0.3, 0.4) is 0 Å². The minimum atomic E-state index is -0.269. The van der Waals surface area contributed by atoms with Gasteiger partial charge in [-0.1, -0.05) is 0 Å². The Morgan fingerprint density at radius 3 is 2.30 bits per heavy atom. The number of hydrogen-bond donors (Lipinski definition) is 2. The molecule has 7 heteroatoms. The number of pyridine rings is 1. The zero-order chi connectivity index (χ0) is 17.2. The molecule has 0 saturated heterocycles. The van der Waals surface area contributed by atoms with E-state index >= 15 is 0 Å². The third-order valence-corrected chi connectivity index (χ3v) is 3.17. The first-order chi connectivity index (χ1) is 10.9. The third kappa shape index (κ3) is 7.71. The molecule has 0 aliphatic heterocycles. The summed E-state index contributed by atoms with van der Waals surface area (Å²) in [5, 5.41) is 5.63. The average Bonchev–Trinajstić information content (AvgIpc) is 2.50. The molecule has 0 aliphatic carbocycles. The molecular formula is C16H27N5O2. The summed E-state index contributed by atoms with van der Waals surface area (Å²) >= 11 is 0. The Kier molecular flexibility index (Phi) is 8.21. The Bertz CT molecular complexity index is 517. The molecule has 0 radical (unpaired) electrons. The first kappa shape index (κ1) is 19.1. The van der Waals surface area contributed by atoms with Crippen LogP contribution in [0.1, 0.15) is 27.3 Å². The van der Waals surface area contributed by atoms with Gasteiger partial charge in [0.25, 0.3) is 11.8 Å². The van der Waals surface area contributed by atoms with Crippen molar-refractivity contribution in [3.63, 3.8) is 0 Å². The van der Waals surface area contributed by atoms with Gasteiger partial charge in [-0.25, -0.2) is 0 Å². The van der Waals surface area contributed by atoms with Crippen molar-refractivity contribution < 1.29 is 9.59 Å². The van der Waals surface area contributed by atoms with Crippen LogP contribution in [0.4, 0.5) is 0 Å². The van der Waals surface area contributed by atoms with E-state index in [9.17, 15) is 9.59 Å². The topological polar surface area (TPSA) is 77.6 Å². The highest BCUT2D eigenvalue weighted by molar-refractivity contribution is 5.98. The SMILES string of the molecule is CN(C)CCCNC(=O)c1ccnc(C(=O)NCCN(C)C)c1. The summed E-state index contributed by atoms with van der Waals surface area (Å²) in [4.78, 5) is 32.2. The Labute approximate surface area is 138 Å². The lowest BCUT2D eigenvalue weighted by Crippen LogP contribution is -2.32. The van der Waals surface area contributed by atoms with Gasteiger partial charge in [0.05, 0.1) is 0 Å².